The molecule has 6 nitrogen and oxygen atoms in total. The highest BCUT2D eigenvalue weighted by Gasteiger charge is 2.37. The van der Waals surface area contributed by atoms with Gasteiger partial charge in [0.05, 0.1) is 14.2 Å². The van der Waals surface area contributed by atoms with Gasteiger partial charge in [0.1, 0.15) is 16.4 Å². The van der Waals surface area contributed by atoms with Crippen LogP contribution in [0.4, 0.5) is 0 Å². The van der Waals surface area contributed by atoms with E-state index in [1.54, 1.807) is 12.1 Å². The van der Waals surface area contributed by atoms with Crippen molar-refractivity contribution < 1.29 is 17.9 Å². The van der Waals surface area contributed by atoms with Crippen LogP contribution >= 0.6 is 11.6 Å². The summed E-state index contributed by atoms with van der Waals surface area (Å²) in [4.78, 5) is 2.61. The fourth-order valence-corrected chi connectivity index (χ4v) is 6.83. The summed E-state index contributed by atoms with van der Waals surface area (Å²) in [5.74, 6) is 1.46. The van der Waals surface area contributed by atoms with Crippen LogP contribution in [0.3, 0.4) is 0 Å². The smallest absolute Gasteiger partial charge is 0.244 e. The number of halogens is 1. The molecule has 2 aromatic rings. The number of nitrogens with zero attached hydrogens (tertiary/aromatic N) is 1. The summed E-state index contributed by atoms with van der Waals surface area (Å²) in [7, 11) is -0.736. The first kappa shape index (κ1) is 24.3. The zero-order chi connectivity index (χ0) is 23.4. The summed E-state index contributed by atoms with van der Waals surface area (Å²) in [6.45, 7) is 2.01. The average Bonchev–Trinajstić information content (AvgIpc) is 3.28. The maximum Gasteiger partial charge on any atom is 0.244 e. The number of likely N-dealkylation sites (tertiary alicyclic amines) is 1. The number of hydrogen-bond acceptors (Lipinski definition) is 5. The van der Waals surface area contributed by atoms with Crippen molar-refractivity contribution in [2.75, 3.05) is 27.3 Å². The number of rotatable bonds is 8. The first-order valence-corrected chi connectivity index (χ1v) is 13.5. The molecule has 2 aromatic carbocycles. The molecular formula is C25H33ClN2O4S. The van der Waals surface area contributed by atoms with Gasteiger partial charge in [-0.3, -0.25) is 4.90 Å². The number of ether oxygens (including phenoxy) is 2. The third-order valence-corrected chi connectivity index (χ3v) is 8.77. The van der Waals surface area contributed by atoms with Gasteiger partial charge in [0, 0.05) is 23.2 Å². The summed E-state index contributed by atoms with van der Waals surface area (Å²) < 4.78 is 40.1. The van der Waals surface area contributed by atoms with Gasteiger partial charge in [-0.15, -0.1) is 0 Å². The van der Waals surface area contributed by atoms with E-state index in [1.165, 1.54) is 25.8 Å². The van der Waals surface area contributed by atoms with Gasteiger partial charge in [-0.05, 0) is 80.9 Å². The second kappa shape index (κ2) is 10.6. The van der Waals surface area contributed by atoms with Crippen LogP contribution in [0.5, 0.6) is 11.5 Å². The molecule has 2 aliphatic rings. The highest BCUT2D eigenvalue weighted by molar-refractivity contribution is 7.89. The van der Waals surface area contributed by atoms with E-state index in [2.05, 4.69) is 21.8 Å². The Morgan fingerprint density at radius 2 is 1.73 bits per heavy atom. The Kier molecular flexibility index (Phi) is 7.84. The first-order valence-electron chi connectivity index (χ1n) is 11.6. The molecule has 8 heteroatoms. The third-order valence-electron chi connectivity index (χ3n) is 7.00. The molecule has 0 radical (unpaired) electrons. The van der Waals surface area contributed by atoms with Crippen LogP contribution < -0.4 is 14.2 Å². The van der Waals surface area contributed by atoms with Gasteiger partial charge in [-0.25, -0.2) is 13.1 Å². The Labute approximate surface area is 202 Å². The third kappa shape index (κ3) is 5.83. The second-order valence-electron chi connectivity index (χ2n) is 9.05. The Morgan fingerprint density at radius 3 is 2.39 bits per heavy atom. The van der Waals surface area contributed by atoms with Crippen molar-refractivity contribution in [2.24, 2.45) is 5.92 Å². The number of methoxy groups -OCH3 is 2. The lowest BCUT2D eigenvalue weighted by Crippen LogP contribution is -2.51. The number of benzene rings is 2. The van der Waals surface area contributed by atoms with Crippen LogP contribution in [0.2, 0.25) is 5.02 Å². The van der Waals surface area contributed by atoms with E-state index in [0.29, 0.717) is 17.4 Å². The van der Waals surface area contributed by atoms with Gasteiger partial charge in [0.2, 0.25) is 10.0 Å². The molecule has 180 valence electrons. The predicted octanol–water partition coefficient (Wildman–Crippen LogP) is 4.51. The van der Waals surface area contributed by atoms with E-state index in [1.807, 2.05) is 12.1 Å². The summed E-state index contributed by atoms with van der Waals surface area (Å²) >= 11 is 6.01. The van der Waals surface area contributed by atoms with E-state index in [0.717, 1.165) is 56.6 Å². The van der Waals surface area contributed by atoms with E-state index in [9.17, 15) is 8.42 Å². The molecule has 0 amide bonds. The molecule has 1 aliphatic carbocycles. The van der Waals surface area contributed by atoms with Crippen LogP contribution in [0, 0.1) is 5.92 Å². The molecule has 33 heavy (non-hydrogen) atoms. The molecule has 0 bridgehead atoms. The van der Waals surface area contributed by atoms with Crippen molar-refractivity contribution in [1.29, 1.82) is 0 Å². The molecule has 2 unspecified atom stereocenters. The Bertz CT molecular complexity index is 1040. The fourth-order valence-electron chi connectivity index (χ4n) is 5.21. The molecule has 1 aliphatic heterocycles. The van der Waals surface area contributed by atoms with Crippen molar-refractivity contribution in [2.45, 2.75) is 55.5 Å². The zero-order valence-electron chi connectivity index (χ0n) is 19.3. The molecule has 0 spiro atoms. The second-order valence-corrected chi connectivity index (χ2v) is 11.2. The molecule has 0 aromatic heterocycles. The molecule has 4 rings (SSSR count). The maximum absolute atomic E-state index is 13.3. The van der Waals surface area contributed by atoms with Crippen LogP contribution in [-0.2, 0) is 16.4 Å². The van der Waals surface area contributed by atoms with Gasteiger partial charge in [0.15, 0.2) is 0 Å². The van der Waals surface area contributed by atoms with E-state index < -0.39 is 10.0 Å². The maximum atomic E-state index is 13.3. The van der Waals surface area contributed by atoms with Crippen molar-refractivity contribution in [3.8, 4) is 11.5 Å². The fraction of sp³-hybridized carbons (Fsp3) is 0.520. The zero-order valence-corrected chi connectivity index (χ0v) is 20.9. The Hall–Kier alpha value is -1.80. The van der Waals surface area contributed by atoms with Crippen LogP contribution in [0.15, 0.2) is 47.4 Å². The molecule has 1 saturated heterocycles. The van der Waals surface area contributed by atoms with Gasteiger partial charge in [-0.1, -0.05) is 30.2 Å². The lowest BCUT2D eigenvalue weighted by Gasteiger charge is -2.38. The standard InChI is InChI=1S/C25H33ClN2O4S/c1-31-21-10-11-24(32-2)25(17-21)33(29,30)27-22-4-3-5-23(22)28-14-12-19(13-15-28)16-18-6-8-20(26)9-7-18/h6-11,17,19,22-23,27H,3-5,12-16H2,1-2H3. The lowest BCUT2D eigenvalue weighted by molar-refractivity contribution is 0.122. The van der Waals surface area contributed by atoms with Crippen molar-refractivity contribution in [3.63, 3.8) is 0 Å². The number of nitrogens with one attached hydrogen (secondary N) is 1. The summed E-state index contributed by atoms with van der Waals surface area (Å²) in [5, 5.41) is 0.773. The average molecular weight is 493 g/mol. The Balaban J connectivity index is 1.39. The van der Waals surface area contributed by atoms with Crippen molar-refractivity contribution >= 4 is 21.6 Å². The van der Waals surface area contributed by atoms with E-state index in [-0.39, 0.29) is 17.0 Å². The summed E-state index contributed by atoms with van der Waals surface area (Å²) in [6.07, 6.45) is 6.22. The minimum absolute atomic E-state index is 0.0984. The first-order chi connectivity index (χ1) is 15.9. The van der Waals surface area contributed by atoms with Crippen LogP contribution in [-0.4, -0.2) is 52.7 Å². The van der Waals surface area contributed by atoms with E-state index >= 15 is 0 Å². The summed E-state index contributed by atoms with van der Waals surface area (Å²) in [5.41, 5.74) is 1.33. The highest BCUT2D eigenvalue weighted by Crippen LogP contribution is 2.33. The predicted molar refractivity (Wildman–Crippen MR) is 131 cm³/mol. The molecule has 2 atom stereocenters. The SMILES string of the molecule is COc1ccc(OC)c(S(=O)(=O)NC2CCCC2N2CCC(Cc3ccc(Cl)cc3)CC2)c1. The molecule has 1 N–H and O–H groups in total. The van der Waals surface area contributed by atoms with Gasteiger partial charge < -0.3 is 9.47 Å². The number of piperidine rings is 1. The van der Waals surface area contributed by atoms with Gasteiger partial charge in [-0.2, -0.15) is 0 Å². The quantitative estimate of drug-likeness (QED) is 0.587. The Morgan fingerprint density at radius 1 is 1.00 bits per heavy atom. The summed E-state index contributed by atoms with van der Waals surface area (Å²) in [6, 6.07) is 13.1. The number of hydrogen-bond donors (Lipinski definition) is 1. The molecular weight excluding hydrogens is 460 g/mol. The molecule has 1 heterocycles. The number of sulfonamides is 1. The molecule has 2 fully saturated rings. The minimum atomic E-state index is -3.74. The highest BCUT2D eigenvalue weighted by atomic mass is 35.5. The monoisotopic (exact) mass is 492 g/mol. The van der Waals surface area contributed by atoms with Gasteiger partial charge in [0.25, 0.3) is 0 Å². The minimum Gasteiger partial charge on any atom is -0.497 e. The van der Waals surface area contributed by atoms with Crippen LogP contribution in [0.1, 0.15) is 37.7 Å². The van der Waals surface area contributed by atoms with Crippen LogP contribution in [0.25, 0.3) is 0 Å². The normalized spacial score (nSPS) is 22.4. The molecule has 1 saturated carbocycles. The van der Waals surface area contributed by atoms with Crippen molar-refractivity contribution in [1.82, 2.24) is 9.62 Å². The van der Waals surface area contributed by atoms with Gasteiger partial charge >= 0.3 is 0 Å². The van der Waals surface area contributed by atoms with E-state index in [4.69, 9.17) is 21.1 Å². The van der Waals surface area contributed by atoms with Crippen molar-refractivity contribution in [3.05, 3.63) is 53.1 Å². The lowest BCUT2D eigenvalue weighted by atomic mass is 9.89. The largest absolute Gasteiger partial charge is 0.497 e. The topological polar surface area (TPSA) is 67.9 Å².